The van der Waals surface area contributed by atoms with Crippen LogP contribution in [0, 0.1) is 5.92 Å². The number of hydrogen-bond acceptors (Lipinski definition) is 3. The number of aliphatic imine (C=N–C) groups is 1. The molecule has 1 amide bonds. The van der Waals surface area contributed by atoms with E-state index in [-0.39, 0.29) is 17.9 Å². The van der Waals surface area contributed by atoms with Crippen LogP contribution in [0.25, 0.3) is 0 Å². The number of nitrogens with two attached hydrogens (primary N) is 1. The van der Waals surface area contributed by atoms with E-state index in [0.29, 0.717) is 24.6 Å². The molecular weight excluding hydrogens is 396 g/mol. The predicted molar refractivity (Wildman–Crippen MR) is 104 cm³/mol. The smallest absolute Gasteiger partial charge is 0.281 e. The highest BCUT2D eigenvalue weighted by molar-refractivity contribution is 9.10. The molecule has 0 radical (unpaired) electrons. The molecule has 0 spiro atoms. The van der Waals surface area contributed by atoms with Crippen LogP contribution in [0.2, 0.25) is 0 Å². The summed E-state index contributed by atoms with van der Waals surface area (Å²) in [6, 6.07) is 8.14. The number of amides is 1. The molecule has 1 aromatic heterocycles. The van der Waals surface area contributed by atoms with Crippen LogP contribution < -0.4 is 5.73 Å². The van der Waals surface area contributed by atoms with Crippen molar-refractivity contribution in [2.75, 3.05) is 13.2 Å². The van der Waals surface area contributed by atoms with E-state index in [1.165, 1.54) is 6.20 Å². The zero-order chi connectivity index (χ0) is 18.9. The fourth-order valence-corrected chi connectivity index (χ4v) is 3.15. The highest BCUT2D eigenvalue weighted by Gasteiger charge is 2.35. The molecule has 0 aliphatic carbocycles. The lowest BCUT2D eigenvalue weighted by molar-refractivity contribution is -0.0286. The first-order valence-corrected chi connectivity index (χ1v) is 9.38. The van der Waals surface area contributed by atoms with Gasteiger partial charge in [0.1, 0.15) is 5.84 Å². The summed E-state index contributed by atoms with van der Waals surface area (Å²) in [4.78, 5) is 16.8. The van der Waals surface area contributed by atoms with Gasteiger partial charge in [-0.3, -0.25) is 9.48 Å². The minimum Gasteiger partial charge on any atom is -0.386 e. The summed E-state index contributed by atoms with van der Waals surface area (Å²) in [5.41, 5.74) is 7.24. The quantitative estimate of drug-likeness (QED) is 0.596. The van der Waals surface area contributed by atoms with Gasteiger partial charge < -0.3 is 10.5 Å². The van der Waals surface area contributed by atoms with Crippen LogP contribution in [-0.4, -0.2) is 34.7 Å². The van der Waals surface area contributed by atoms with Gasteiger partial charge in [0.25, 0.3) is 5.91 Å². The van der Waals surface area contributed by atoms with E-state index in [2.05, 4.69) is 39.9 Å². The Morgan fingerprint density at radius 2 is 2.04 bits per heavy atom. The number of aromatic nitrogens is 2. The van der Waals surface area contributed by atoms with Crippen molar-refractivity contribution in [2.24, 2.45) is 16.6 Å². The number of carbonyl (C=O) groups is 1. The first kappa shape index (κ1) is 18.8. The van der Waals surface area contributed by atoms with E-state index >= 15 is 0 Å². The molecular formula is C19H23BrN4O2. The number of amidine groups is 1. The molecule has 0 bridgehead atoms. The Labute approximate surface area is 161 Å². The average molecular weight is 419 g/mol. The maximum Gasteiger partial charge on any atom is 0.281 e. The van der Waals surface area contributed by atoms with Crippen molar-refractivity contribution in [3.63, 3.8) is 0 Å². The Bertz CT molecular complexity index is 824. The SMILES string of the molecule is CC(C)C(C)(C(N)=NC(=O)c1cnn(C2COC2)c1)c1ccc(Br)cc1. The molecule has 1 aliphatic rings. The van der Waals surface area contributed by atoms with Crippen LogP contribution in [0.5, 0.6) is 0 Å². The second-order valence-corrected chi connectivity index (χ2v) is 7.98. The normalized spacial score (nSPS) is 17.8. The zero-order valence-electron chi connectivity index (χ0n) is 15.1. The topological polar surface area (TPSA) is 82.5 Å². The van der Waals surface area contributed by atoms with Gasteiger partial charge >= 0.3 is 0 Å². The predicted octanol–water partition coefficient (Wildman–Crippen LogP) is 3.33. The molecule has 1 unspecified atom stereocenters. The highest BCUT2D eigenvalue weighted by atomic mass is 79.9. The zero-order valence-corrected chi connectivity index (χ0v) is 16.7. The molecule has 1 atom stereocenters. The highest BCUT2D eigenvalue weighted by Crippen LogP contribution is 2.33. The van der Waals surface area contributed by atoms with E-state index < -0.39 is 5.41 Å². The van der Waals surface area contributed by atoms with Gasteiger partial charge in [-0.15, -0.1) is 0 Å². The second kappa shape index (κ2) is 7.32. The first-order chi connectivity index (χ1) is 12.3. The summed E-state index contributed by atoms with van der Waals surface area (Å²) in [6.45, 7) is 7.40. The van der Waals surface area contributed by atoms with Crippen molar-refractivity contribution in [1.29, 1.82) is 0 Å². The number of benzene rings is 1. The summed E-state index contributed by atoms with van der Waals surface area (Å²) < 4.78 is 7.90. The van der Waals surface area contributed by atoms with Crippen molar-refractivity contribution >= 4 is 27.7 Å². The molecule has 138 valence electrons. The molecule has 2 aromatic rings. The summed E-state index contributed by atoms with van der Waals surface area (Å²) in [6.07, 6.45) is 3.24. The first-order valence-electron chi connectivity index (χ1n) is 8.59. The number of nitrogens with zero attached hydrogens (tertiary/aromatic N) is 3. The maximum absolute atomic E-state index is 12.6. The van der Waals surface area contributed by atoms with E-state index in [1.807, 2.05) is 31.2 Å². The molecule has 3 rings (SSSR count). The third-order valence-electron chi connectivity index (χ3n) is 5.20. The maximum atomic E-state index is 12.6. The Kier molecular flexibility index (Phi) is 5.29. The van der Waals surface area contributed by atoms with Gasteiger partial charge in [-0.1, -0.05) is 41.9 Å². The molecule has 2 N–H and O–H groups in total. The molecule has 1 fully saturated rings. The minimum atomic E-state index is -0.547. The Morgan fingerprint density at radius 1 is 1.38 bits per heavy atom. The monoisotopic (exact) mass is 418 g/mol. The molecule has 7 heteroatoms. The fraction of sp³-hybridized carbons (Fsp3) is 0.421. The van der Waals surface area contributed by atoms with Gasteiger partial charge in [0.2, 0.25) is 0 Å². The molecule has 1 aromatic carbocycles. The van der Waals surface area contributed by atoms with E-state index in [4.69, 9.17) is 10.5 Å². The minimum absolute atomic E-state index is 0.162. The van der Waals surface area contributed by atoms with Crippen LogP contribution >= 0.6 is 15.9 Å². The van der Waals surface area contributed by atoms with Crippen molar-refractivity contribution in [3.05, 3.63) is 52.3 Å². The molecule has 6 nitrogen and oxygen atoms in total. The lowest BCUT2D eigenvalue weighted by atomic mass is 9.72. The van der Waals surface area contributed by atoms with Crippen molar-refractivity contribution in [2.45, 2.75) is 32.2 Å². The van der Waals surface area contributed by atoms with Crippen molar-refractivity contribution < 1.29 is 9.53 Å². The summed E-state index contributed by atoms with van der Waals surface area (Å²) >= 11 is 3.45. The average Bonchev–Trinajstić information content (AvgIpc) is 3.02. The van der Waals surface area contributed by atoms with Gasteiger partial charge in [0.05, 0.1) is 36.4 Å². The molecule has 0 saturated carbocycles. The Hall–Kier alpha value is -1.99. The number of rotatable bonds is 5. The lowest BCUT2D eigenvalue weighted by Gasteiger charge is -2.33. The number of carbonyl (C=O) groups excluding carboxylic acids is 1. The number of ether oxygens (including phenoxy) is 1. The van der Waals surface area contributed by atoms with E-state index in [0.717, 1.165) is 10.0 Å². The largest absolute Gasteiger partial charge is 0.386 e. The number of halogens is 1. The summed E-state index contributed by atoms with van der Waals surface area (Å²) in [5, 5.41) is 4.23. The molecule has 1 aliphatic heterocycles. The number of hydrogen-bond donors (Lipinski definition) is 1. The van der Waals surface area contributed by atoms with E-state index in [1.54, 1.807) is 10.9 Å². The Balaban J connectivity index is 1.88. The second-order valence-electron chi connectivity index (χ2n) is 7.07. The third kappa shape index (κ3) is 3.46. The Morgan fingerprint density at radius 3 is 2.58 bits per heavy atom. The van der Waals surface area contributed by atoms with Gasteiger partial charge in [0.15, 0.2) is 0 Å². The summed E-state index contributed by atoms with van der Waals surface area (Å²) in [7, 11) is 0. The summed E-state index contributed by atoms with van der Waals surface area (Å²) in [5.74, 6) is 0.0904. The van der Waals surface area contributed by atoms with Crippen molar-refractivity contribution in [3.8, 4) is 0 Å². The van der Waals surface area contributed by atoms with Crippen LogP contribution in [0.3, 0.4) is 0 Å². The third-order valence-corrected chi connectivity index (χ3v) is 5.72. The molecule has 1 saturated heterocycles. The van der Waals surface area contributed by atoms with Gasteiger partial charge in [-0.05, 0) is 30.5 Å². The van der Waals surface area contributed by atoms with E-state index in [9.17, 15) is 4.79 Å². The van der Waals surface area contributed by atoms with Crippen LogP contribution in [0.1, 0.15) is 42.7 Å². The fourth-order valence-electron chi connectivity index (χ4n) is 2.89. The lowest BCUT2D eigenvalue weighted by Crippen LogP contribution is -2.43. The van der Waals surface area contributed by atoms with Crippen LogP contribution in [0.15, 0.2) is 46.1 Å². The van der Waals surface area contributed by atoms with Crippen LogP contribution in [-0.2, 0) is 10.2 Å². The van der Waals surface area contributed by atoms with Crippen molar-refractivity contribution in [1.82, 2.24) is 9.78 Å². The molecule has 26 heavy (non-hydrogen) atoms. The molecule has 2 heterocycles. The standard InChI is InChI=1S/C19H23BrN4O2/c1-12(2)19(3,14-4-6-15(20)7-5-14)18(21)23-17(25)13-8-22-24(9-13)16-10-26-11-16/h4-9,12,16H,10-11H2,1-3H3,(H2,21,23,25). The van der Waals surface area contributed by atoms with Gasteiger partial charge in [-0.2, -0.15) is 10.1 Å². The van der Waals surface area contributed by atoms with Crippen LogP contribution in [0.4, 0.5) is 0 Å². The van der Waals surface area contributed by atoms with Gasteiger partial charge in [-0.25, -0.2) is 0 Å². The van der Waals surface area contributed by atoms with Gasteiger partial charge in [0, 0.05) is 10.7 Å².